The zero-order valence-electron chi connectivity index (χ0n) is 9.66. The van der Waals surface area contributed by atoms with E-state index < -0.39 is 29.8 Å². The van der Waals surface area contributed by atoms with E-state index in [9.17, 15) is 18.0 Å². The van der Waals surface area contributed by atoms with E-state index in [0.717, 1.165) is 12.1 Å². The number of aliphatic carboxylic acids is 1. The zero-order chi connectivity index (χ0) is 14.0. The Hall–Kier alpha value is -2.30. The first-order valence-electron chi connectivity index (χ1n) is 5.43. The van der Waals surface area contributed by atoms with Crippen LogP contribution in [0.1, 0.15) is 5.56 Å². The van der Waals surface area contributed by atoms with Crippen LogP contribution in [0.5, 0.6) is 0 Å². The molecular formula is C14H9F3O2. The van der Waals surface area contributed by atoms with Gasteiger partial charge in [-0.25, -0.2) is 13.2 Å². The van der Waals surface area contributed by atoms with Gasteiger partial charge in [0.25, 0.3) is 0 Å². The van der Waals surface area contributed by atoms with Gasteiger partial charge < -0.3 is 5.11 Å². The van der Waals surface area contributed by atoms with Crippen LogP contribution in [0.25, 0.3) is 11.1 Å². The molecule has 0 heterocycles. The van der Waals surface area contributed by atoms with Gasteiger partial charge in [0.1, 0.15) is 17.5 Å². The zero-order valence-corrected chi connectivity index (χ0v) is 9.66. The first kappa shape index (κ1) is 13.1. The van der Waals surface area contributed by atoms with Crippen molar-refractivity contribution in [3.63, 3.8) is 0 Å². The van der Waals surface area contributed by atoms with Gasteiger partial charge in [-0.05, 0) is 23.3 Å². The summed E-state index contributed by atoms with van der Waals surface area (Å²) in [6.07, 6.45) is -0.489. The highest BCUT2D eigenvalue weighted by atomic mass is 19.1. The molecular weight excluding hydrogens is 257 g/mol. The summed E-state index contributed by atoms with van der Waals surface area (Å²) in [7, 11) is 0. The van der Waals surface area contributed by atoms with Crippen LogP contribution in [0.2, 0.25) is 0 Å². The fraction of sp³-hybridized carbons (Fsp3) is 0.0714. The van der Waals surface area contributed by atoms with Gasteiger partial charge in [0.15, 0.2) is 0 Å². The predicted molar refractivity (Wildman–Crippen MR) is 63.1 cm³/mol. The monoisotopic (exact) mass is 266 g/mol. The lowest BCUT2D eigenvalue weighted by Crippen LogP contribution is -2.03. The molecule has 2 aromatic rings. The molecule has 0 radical (unpaired) electrons. The second-order valence-corrected chi connectivity index (χ2v) is 4.01. The molecule has 0 spiro atoms. The lowest BCUT2D eigenvalue weighted by molar-refractivity contribution is -0.136. The van der Waals surface area contributed by atoms with E-state index in [1.165, 1.54) is 18.2 Å². The number of halogens is 3. The van der Waals surface area contributed by atoms with Crippen molar-refractivity contribution in [2.75, 3.05) is 0 Å². The molecule has 0 fully saturated rings. The molecule has 98 valence electrons. The molecule has 19 heavy (non-hydrogen) atoms. The van der Waals surface area contributed by atoms with Crippen LogP contribution in [-0.2, 0) is 11.2 Å². The van der Waals surface area contributed by atoms with Crippen LogP contribution < -0.4 is 0 Å². The minimum absolute atomic E-state index is 0.0299. The highest BCUT2D eigenvalue weighted by molar-refractivity contribution is 5.72. The fourth-order valence-electron chi connectivity index (χ4n) is 1.81. The number of hydrogen-bond acceptors (Lipinski definition) is 1. The van der Waals surface area contributed by atoms with Crippen LogP contribution in [0.4, 0.5) is 13.2 Å². The largest absolute Gasteiger partial charge is 0.481 e. The van der Waals surface area contributed by atoms with Crippen molar-refractivity contribution in [1.29, 1.82) is 0 Å². The Morgan fingerprint density at radius 3 is 2.26 bits per heavy atom. The third kappa shape index (κ3) is 2.93. The molecule has 0 atom stereocenters. The average molecular weight is 266 g/mol. The standard InChI is InChI=1S/C14H9F3O2/c15-10-4-9(5-11(16)7-10)12-3-1-2-8(14(12)17)6-13(18)19/h1-5,7H,6H2,(H,18,19). The minimum atomic E-state index is -1.18. The van der Waals surface area contributed by atoms with Crippen molar-refractivity contribution in [2.45, 2.75) is 6.42 Å². The van der Waals surface area contributed by atoms with Crippen molar-refractivity contribution in [2.24, 2.45) is 0 Å². The van der Waals surface area contributed by atoms with Gasteiger partial charge in [-0.3, -0.25) is 4.79 Å². The number of rotatable bonds is 3. The lowest BCUT2D eigenvalue weighted by atomic mass is 10.0. The number of hydrogen-bond donors (Lipinski definition) is 1. The van der Waals surface area contributed by atoms with Gasteiger partial charge in [-0.1, -0.05) is 18.2 Å². The summed E-state index contributed by atoms with van der Waals surface area (Å²) >= 11 is 0. The smallest absolute Gasteiger partial charge is 0.307 e. The van der Waals surface area contributed by atoms with Gasteiger partial charge in [0, 0.05) is 11.6 Å². The summed E-state index contributed by atoms with van der Waals surface area (Å²) in [5, 5.41) is 8.65. The molecule has 5 heteroatoms. The number of carboxylic acid groups (broad SMARTS) is 1. The van der Waals surface area contributed by atoms with Crippen molar-refractivity contribution >= 4 is 5.97 Å². The van der Waals surface area contributed by atoms with E-state index in [-0.39, 0.29) is 16.7 Å². The van der Waals surface area contributed by atoms with E-state index in [2.05, 4.69) is 0 Å². The molecule has 0 amide bonds. The fourth-order valence-corrected chi connectivity index (χ4v) is 1.81. The van der Waals surface area contributed by atoms with Gasteiger partial charge in [0.2, 0.25) is 0 Å². The van der Waals surface area contributed by atoms with Crippen molar-refractivity contribution in [3.8, 4) is 11.1 Å². The number of carboxylic acids is 1. The predicted octanol–water partition coefficient (Wildman–Crippen LogP) is 3.40. The summed E-state index contributed by atoms with van der Waals surface area (Å²) < 4.78 is 40.3. The third-order valence-corrected chi connectivity index (χ3v) is 2.59. The first-order valence-corrected chi connectivity index (χ1v) is 5.43. The molecule has 0 unspecified atom stereocenters. The van der Waals surface area contributed by atoms with Crippen LogP contribution in [0.3, 0.4) is 0 Å². The Labute approximate surface area is 107 Å². The highest BCUT2D eigenvalue weighted by Crippen LogP contribution is 2.26. The molecule has 1 N–H and O–H groups in total. The quantitative estimate of drug-likeness (QED) is 0.924. The lowest BCUT2D eigenvalue weighted by Gasteiger charge is -2.07. The Bertz CT molecular complexity index is 618. The maximum Gasteiger partial charge on any atom is 0.307 e. The van der Waals surface area contributed by atoms with Crippen LogP contribution >= 0.6 is 0 Å². The van der Waals surface area contributed by atoms with Crippen LogP contribution in [0.15, 0.2) is 36.4 Å². The average Bonchev–Trinajstić information content (AvgIpc) is 2.30. The normalized spacial score (nSPS) is 10.5. The maximum atomic E-state index is 14.1. The highest BCUT2D eigenvalue weighted by Gasteiger charge is 2.13. The summed E-state index contributed by atoms with van der Waals surface area (Å²) in [5.41, 5.74) is -0.0333. The minimum Gasteiger partial charge on any atom is -0.481 e. The number of carbonyl (C=O) groups is 1. The molecule has 0 aliphatic carbocycles. The van der Waals surface area contributed by atoms with Crippen molar-refractivity contribution in [3.05, 3.63) is 59.4 Å². The topological polar surface area (TPSA) is 37.3 Å². The van der Waals surface area contributed by atoms with Crippen molar-refractivity contribution in [1.82, 2.24) is 0 Å². The van der Waals surface area contributed by atoms with E-state index in [1.54, 1.807) is 0 Å². The van der Waals surface area contributed by atoms with Gasteiger partial charge >= 0.3 is 5.97 Å². The molecule has 2 aromatic carbocycles. The van der Waals surface area contributed by atoms with Crippen molar-refractivity contribution < 1.29 is 23.1 Å². The molecule has 0 aliphatic heterocycles. The molecule has 2 nitrogen and oxygen atoms in total. The van der Waals surface area contributed by atoms with Gasteiger partial charge in [-0.15, -0.1) is 0 Å². The second kappa shape index (κ2) is 5.14. The van der Waals surface area contributed by atoms with E-state index in [4.69, 9.17) is 5.11 Å². The molecule has 0 saturated heterocycles. The second-order valence-electron chi connectivity index (χ2n) is 4.01. The summed E-state index contributed by atoms with van der Waals surface area (Å²) in [6, 6.07) is 6.78. The molecule has 0 aromatic heterocycles. The Kier molecular flexibility index (Phi) is 3.55. The van der Waals surface area contributed by atoms with E-state index in [0.29, 0.717) is 6.07 Å². The Morgan fingerprint density at radius 2 is 1.68 bits per heavy atom. The molecule has 0 saturated carbocycles. The summed E-state index contributed by atoms with van der Waals surface area (Å²) in [4.78, 5) is 10.6. The molecule has 0 aliphatic rings. The molecule has 2 rings (SSSR count). The van der Waals surface area contributed by atoms with Gasteiger partial charge in [-0.2, -0.15) is 0 Å². The summed E-state index contributed by atoms with van der Waals surface area (Å²) in [5.74, 6) is -3.60. The summed E-state index contributed by atoms with van der Waals surface area (Å²) in [6.45, 7) is 0. The molecule has 0 bridgehead atoms. The third-order valence-electron chi connectivity index (χ3n) is 2.59. The van der Waals surface area contributed by atoms with Gasteiger partial charge in [0.05, 0.1) is 6.42 Å². The Balaban J connectivity index is 2.53. The SMILES string of the molecule is O=C(O)Cc1cccc(-c2cc(F)cc(F)c2)c1F. The van der Waals surface area contributed by atoms with E-state index >= 15 is 0 Å². The van der Waals surface area contributed by atoms with Crippen LogP contribution in [-0.4, -0.2) is 11.1 Å². The van der Waals surface area contributed by atoms with E-state index in [1.807, 2.05) is 0 Å². The van der Waals surface area contributed by atoms with Crippen LogP contribution in [0, 0.1) is 17.5 Å². The maximum absolute atomic E-state index is 14.1. The Morgan fingerprint density at radius 1 is 1.05 bits per heavy atom. The number of benzene rings is 2. The first-order chi connectivity index (χ1) is 8.97.